The monoisotopic (exact) mass is 314 g/mol. The average molecular weight is 314 g/mol. The molecule has 6 nitrogen and oxygen atoms in total. The SMILES string of the molecule is CC(C)N1C(=O)SC(=C2SC(=O)N(C(C)C)C2=O)C1=O. The predicted octanol–water partition coefficient (Wildman–Crippen LogP) is 2.41. The molecule has 0 aromatic carbocycles. The van der Waals surface area contributed by atoms with E-state index in [4.69, 9.17) is 0 Å². The minimum absolute atomic E-state index is 0.0650. The van der Waals surface area contributed by atoms with Crippen LogP contribution in [0.15, 0.2) is 9.81 Å². The van der Waals surface area contributed by atoms with Crippen LogP contribution in [0.1, 0.15) is 27.7 Å². The van der Waals surface area contributed by atoms with E-state index in [9.17, 15) is 19.2 Å². The van der Waals surface area contributed by atoms with Crippen molar-refractivity contribution in [2.75, 3.05) is 0 Å². The normalized spacial score (nSPS) is 24.1. The molecule has 2 fully saturated rings. The van der Waals surface area contributed by atoms with Gasteiger partial charge in [-0.15, -0.1) is 0 Å². The standard InChI is InChI=1S/C12H14N2O4S2/c1-5(2)13-9(15)7(19-11(13)17)8-10(16)14(6(3)4)12(18)20-8/h5-6H,1-4H3. The second-order valence-corrected chi connectivity index (χ2v) is 6.86. The van der Waals surface area contributed by atoms with Crippen LogP contribution < -0.4 is 0 Å². The third-order valence-electron chi connectivity index (χ3n) is 2.84. The van der Waals surface area contributed by atoms with Gasteiger partial charge in [0.2, 0.25) is 0 Å². The van der Waals surface area contributed by atoms with Gasteiger partial charge < -0.3 is 0 Å². The lowest BCUT2D eigenvalue weighted by Gasteiger charge is -2.17. The van der Waals surface area contributed by atoms with Crippen molar-refractivity contribution in [3.8, 4) is 0 Å². The summed E-state index contributed by atoms with van der Waals surface area (Å²) in [6.45, 7) is 6.89. The lowest BCUT2D eigenvalue weighted by atomic mass is 10.3. The zero-order valence-corrected chi connectivity index (χ0v) is 13.1. The summed E-state index contributed by atoms with van der Waals surface area (Å²) in [7, 11) is 0. The Balaban J connectivity index is 2.41. The van der Waals surface area contributed by atoms with E-state index in [1.54, 1.807) is 27.7 Å². The number of thioether (sulfide) groups is 2. The maximum absolute atomic E-state index is 12.2. The fraction of sp³-hybridized carbons (Fsp3) is 0.500. The molecule has 20 heavy (non-hydrogen) atoms. The number of hydrogen-bond donors (Lipinski definition) is 0. The van der Waals surface area contributed by atoms with Crippen LogP contribution in [0.4, 0.5) is 9.59 Å². The zero-order chi connectivity index (χ0) is 15.2. The van der Waals surface area contributed by atoms with E-state index in [1.165, 1.54) is 0 Å². The molecular weight excluding hydrogens is 300 g/mol. The van der Waals surface area contributed by atoms with Gasteiger partial charge in [0.25, 0.3) is 22.3 Å². The highest BCUT2D eigenvalue weighted by molar-refractivity contribution is 8.21. The fourth-order valence-electron chi connectivity index (χ4n) is 1.92. The Morgan fingerprint density at radius 1 is 0.700 bits per heavy atom. The van der Waals surface area contributed by atoms with Crippen molar-refractivity contribution < 1.29 is 19.2 Å². The van der Waals surface area contributed by atoms with E-state index in [2.05, 4.69) is 0 Å². The average Bonchev–Trinajstić information content (AvgIpc) is 2.76. The van der Waals surface area contributed by atoms with Crippen LogP contribution in [-0.4, -0.2) is 44.2 Å². The number of nitrogens with zero attached hydrogens (tertiary/aromatic N) is 2. The first-order valence-corrected chi connectivity index (χ1v) is 7.74. The van der Waals surface area contributed by atoms with Gasteiger partial charge in [-0.05, 0) is 51.2 Å². The molecular formula is C12H14N2O4S2. The largest absolute Gasteiger partial charge is 0.293 e. The van der Waals surface area contributed by atoms with Crippen LogP contribution in [0.3, 0.4) is 0 Å². The Hall–Kier alpha value is -1.28. The molecule has 0 aliphatic carbocycles. The van der Waals surface area contributed by atoms with Gasteiger partial charge in [-0.1, -0.05) is 0 Å². The van der Waals surface area contributed by atoms with Crippen molar-refractivity contribution in [3.05, 3.63) is 9.81 Å². The van der Waals surface area contributed by atoms with Crippen molar-refractivity contribution in [3.63, 3.8) is 0 Å². The van der Waals surface area contributed by atoms with Gasteiger partial charge in [0.05, 0.1) is 0 Å². The van der Waals surface area contributed by atoms with E-state index in [0.29, 0.717) is 0 Å². The van der Waals surface area contributed by atoms with Crippen molar-refractivity contribution in [2.24, 2.45) is 0 Å². The molecule has 2 rings (SSSR count). The van der Waals surface area contributed by atoms with Crippen molar-refractivity contribution in [1.82, 2.24) is 9.80 Å². The van der Waals surface area contributed by atoms with Gasteiger partial charge in [-0.25, -0.2) is 0 Å². The van der Waals surface area contributed by atoms with E-state index in [1.807, 2.05) is 0 Å². The van der Waals surface area contributed by atoms with Gasteiger partial charge in [-0.2, -0.15) is 0 Å². The summed E-state index contributed by atoms with van der Waals surface area (Å²) in [5, 5.41) is -0.812. The zero-order valence-electron chi connectivity index (χ0n) is 11.5. The molecule has 2 heterocycles. The van der Waals surface area contributed by atoms with Crippen molar-refractivity contribution in [1.29, 1.82) is 0 Å². The maximum Gasteiger partial charge on any atom is 0.293 e. The fourth-order valence-corrected chi connectivity index (χ4v) is 4.04. The molecule has 2 aliphatic heterocycles. The highest BCUT2D eigenvalue weighted by Crippen LogP contribution is 2.42. The minimum atomic E-state index is -0.496. The third kappa shape index (κ3) is 2.26. The molecule has 0 radical (unpaired) electrons. The Morgan fingerprint density at radius 3 is 1.20 bits per heavy atom. The van der Waals surface area contributed by atoms with E-state index >= 15 is 0 Å². The van der Waals surface area contributed by atoms with Crippen LogP contribution in [0, 0.1) is 0 Å². The molecule has 108 valence electrons. The van der Waals surface area contributed by atoms with E-state index in [-0.39, 0.29) is 21.9 Å². The molecule has 0 saturated carbocycles. The molecule has 4 amide bonds. The highest BCUT2D eigenvalue weighted by atomic mass is 32.2. The molecule has 0 N–H and O–H groups in total. The lowest BCUT2D eigenvalue weighted by molar-refractivity contribution is -0.126. The number of carbonyl (C=O) groups is 4. The summed E-state index contributed by atoms with van der Waals surface area (Å²) in [5.74, 6) is -0.992. The quantitative estimate of drug-likeness (QED) is 0.729. The van der Waals surface area contributed by atoms with Crippen molar-refractivity contribution in [2.45, 2.75) is 39.8 Å². The molecule has 0 unspecified atom stereocenters. The summed E-state index contributed by atoms with van der Waals surface area (Å²) < 4.78 is 0. The summed E-state index contributed by atoms with van der Waals surface area (Å²) in [5.41, 5.74) is 0. The Bertz CT molecular complexity index is 506. The van der Waals surface area contributed by atoms with Crippen LogP contribution in [0.5, 0.6) is 0 Å². The lowest BCUT2D eigenvalue weighted by Crippen LogP contribution is -2.36. The predicted molar refractivity (Wildman–Crippen MR) is 77.0 cm³/mol. The first-order valence-electron chi connectivity index (χ1n) is 6.10. The maximum atomic E-state index is 12.2. The Morgan fingerprint density at radius 2 is 1.00 bits per heavy atom. The Labute approximate surface area is 124 Å². The topological polar surface area (TPSA) is 74.8 Å². The number of amides is 4. The smallest absolute Gasteiger partial charge is 0.268 e. The van der Waals surface area contributed by atoms with Gasteiger partial charge in [-0.3, -0.25) is 29.0 Å². The second-order valence-electron chi connectivity index (χ2n) is 4.93. The first kappa shape index (κ1) is 15.1. The molecule has 0 bridgehead atoms. The van der Waals surface area contributed by atoms with Crippen LogP contribution in [0.25, 0.3) is 0 Å². The van der Waals surface area contributed by atoms with Gasteiger partial charge in [0, 0.05) is 12.1 Å². The molecule has 2 aliphatic rings. The summed E-state index contributed by atoms with van der Waals surface area (Å²) in [4.78, 5) is 50.4. The number of carbonyl (C=O) groups excluding carboxylic acids is 4. The van der Waals surface area contributed by atoms with Crippen LogP contribution in [0.2, 0.25) is 0 Å². The van der Waals surface area contributed by atoms with Gasteiger partial charge in [0.1, 0.15) is 9.81 Å². The number of rotatable bonds is 2. The minimum Gasteiger partial charge on any atom is -0.268 e. The molecule has 0 aromatic rings. The van der Waals surface area contributed by atoms with E-state index < -0.39 is 22.3 Å². The molecule has 0 atom stereocenters. The molecule has 8 heteroatoms. The Kier molecular flexibility index (Phi) is 3.97. The van der Waals surface area contributed by atoms with Gasteiger partial charge >= 0.3 is 0 Å². The summed E-state index contributed by atoms with van der Waals surface area (Å²) in [6, 6.07) is -0.557. The molecule has 2 saturated heterocycles. The van der Waals surface area contributed by atoms with Crippen LogP contribution in [-0.2, 0) is 9.59 Å². The summed E-state index contributed by atoms with van der Waals surface area (Å²) >= 11 is 1.45. The van der Waals surface area contributed by atoms with Gasteiger partial charge in [0.15, 0.2) is 0 Å². The van der Waals surface area contributed by atoms with Crippen molar-refractivity contribution >= 4 is 45.8 Å². The third-order valence-corrected chi connectivity index (χ3v) is 4.87. The van der Waals surface area contributed by atoms with E-state index in [0.717, 1.165) is 33.3 Å². The first-order chi connectivity index (χ1) is 9.25. The van der Waals surface area contributed by atoms with Crippen LogP contribution >= 0.6 is 23.5 Å². The number of imide groups is 2. The molecule has 0 spiro atoms. The highest BCUT2D eigenvalue weighted by Gasteiger charge is 2.45. The second kappa shape index (κ2) is 5.25. The number of hydrogen-bond acceptors (Lipinski definition) is 6. The molecule has 0 aromatic heterocycles. The summed E-state index contributed by atoms with van der Waals surface area (Å²) in [6.07, 6.45) is 0.